The first-order valence-electron chi connectivity index (χ1n) is 14.7. The standard InChI is InChI=1S/C36H37FN2O5/c1-23(2)39-31(18-17-29(40)19-30(41)20-32(42)44-3)33(25-13-15-28(37)16-14-25)34(24-9-5-4-6-10-24)35(39)36(43)38-21-26-11-7-8-12-27(26)22-38/h4-18,23,29-30,40-41H,19-22H2,1-3H3/t29-,30-/m1/s1. The average molecular weight is 597 g/mol. The van der Waals surface area contributed by atoms with Crippen molar-refractivity contribution in [3.8, 4) is 22.3 Å². The molecule has 0 aliphatic carbocycles. The normalized spacial score (nSPS) is 14.2. The molecule has 7 nitrogen and oxygen atoms in total. The van der Waals surface area contributed by atoms with E-state index in [1.165, 1.54) is 19.2 Å². The van der Waals surface area contributed by atoms with Crippen LogP contribution in [0.1, 0.15) is 60.0 Å². The summed E-state index contributed by atoms with van der Waals surface area (Å²) in [5.41, 5.74) is 6.35. The maximum Gasteiger partial charge on any atom is 0.308 e. The minimum absolute atomic E-state index is 0.0801. The Morgan fingerprint density at radius 1 is 0.886 bits per heavy atom. The first kappa shape index (κ1) is 30.9. The van der Waals surface area contributed by atoms with Crippen molar-refractivity contribution in [2.45, 2.75) is 58.0 Å². The summed E-state index contributed by atoms with van der Waals surface area (Å²) in [5, 5.41) is 21.1. The zero-order chi connectivity index (χ0) is 31.4. The van der Waals surface area contributed by atoms with Crippen molar-refractivity contribution in [2.24, 2.45) is 0 Å². The number of fused-ring (bicyclic) bond motifs is 1. The number of hydrogen-bond acceptors (Lipinski definition) is 5. The summed E-state index contributed by atoms with van der Waals surface area (Å²) >= 11 is 0. The summed E-state index contributed by atoms with van der Waals surface area (Å²) in [6.07, 6.45) is 0.804. The van der Waals surface area contributed by atoms with E-state index in [9.17, 15) is 24.2 Å². The molecule has 0 saturated heterocycles. The molecule has 4 aromatic rings. The molecule has 2 N–H and O–H groups in total. The summed E-state index contributed by atoms with van der Waals surface area (Å²) in [5.74, 6) is -1.08. The van der Waals surface area contributed by atoms with E-state index in [4.69, 9.17) is 0 Å². The molecule has 1 aliphatic heterocycles. The molecule has 2 heterocycles. The number of nitrogens with zero attached hydrogens (tertiary/aromatic N) is 2. The monoisotopic (exact) mass is 596 g/mol. The largest absolute Gasteiger partial charge is 0.469 e. The van der Waals surface area contributed by atoms with Crippen LogP contribution in [0.3, 0.4) is 0 Å². The topological polar surface area (TPSA) is 92.0 Å². The molecule has 3 aromatic carbocycles. The van der Waals surface area contributed by atoms with Gasteiger partial charge in [0.25, 0.3) is 5.91 Å². The molecule has 0 fully saturated rings. The van der Waals surface area contributed by atoms with Crippen molar-refractivity contribution < 1.29 is 28.9 Å². The Balaban J connectivity index is 1.69. The van der Waals surface area contributed by atoms with E-state index >= 15 is 0 Å². The summed E-state index contributed by atoms with van der Waals surface area (Å²) in [4.78, 5) is 28.0. The number of halogens is 1. The Labute approximate surface area is 256 Å². The molecule has 44 heavy (non-hydrogen) atoms. The van der Waals surface area contributed by atoms with Crippen LogP contribution in [0.15, 0.2) is 84.9 Å². The van der Waals surface area contributed by atoms with Gasteiger partial charge in [-0.15, -0.1) is 0 Å². The molecule has 1 amide bonds. The molecule has 1 aromatic heterocycles. The second-order valence-electron chi connectivity index (χ2n) is 11.3. The van der Waals surface area contributed by atoms with Crippen LogP contribution in [0.25, 0.3) is 28.3 Å². The quantitative estimate of drug-likeness (QED) is 0.207. The number of hydrogen-bond donors (Lipinski definition) is 2. The van der Waals surface area contributed by atoms with Crippen LogP contribution in [-0.4, -0.2) is 50.9 Å². The molecule has 0 bridgehead atoms. The maximum atomic E-state index is 14.6. The molecular weight excluding hydrogens is 559 g/mol. The third kappa shape index (κ3) is 6.51. The molecule has 5 rings (SSSR count). The van der Waals surface area contributed by atoms with Crippen LogP contribution in [0.4, 0.5) is 4.39 Å². The molecule has 0 radical (unpaired) electrons. The Kier molecular flexibility index (Phi) is 9.42. The summed E-state index contributed by atoms with van der Waals surface area (Å²) in [7, 11) is 1.24. The molecular formula is C36H37FN2O5. The number of amides is 1. The highest BCUT2D eigenvalue weighted by Crippen LogP contribution is 2.43. The number of carbonyl (C=O) groups excluding carboxylic acids is 2. The number of esters is 1. The first-order valence-corrected chi connectivity index (χ1v) is 14.7. The number of aliphatic hydroxyl groups is 2. The maximum absolute atomic E-state index is 14.6. The van der Waals surface area contributed by atoms with Gasteiger partial charge < -0.3 is 24.4 Å². The smallest absolute Gasteiger partial charge is 0.308 e. The zero-order valence-electron chi connectivity index (χ0n) is 25.1. The lowest BCUT2D eigenvalue weighted by molar-refractivity contribution is -0.143. The van der Waals surface area contributed by atoms with Gasteiger partial charge in [0.2, 0.25) is 0 Å². The van der Waals surface area contributed by atoms with Gasteiger partial charge in [0.05, 0.1) is 25.7 Å². The van der Waals surface area contributed by atoms with Crippen LogP contribution in [0.2, 0.25) is 0 Å². The fourth-order valence-corrected chi connectivity index (χ4v) is 5.86. The average Bonchev–Trinajstić information content (AvgIpc) is 3.60. The summed E-state index contributed by atoms with van der Waals surface area (Å²) < 4.78 is 20.7. The Bertz CT molecular complexity index is 1640. The van der Waals surface area contributed by atoms with E-state index in [0.717, 1.165) is 22.3 Å². The highest BCUT2D eigenvalue weighted by atomic mass is 19.1. The van der Waals surface area contributed by atoms with E-state index in [1.54, 1.807) is 24.3 Å². The van der Waals surface area contributed by atoms with Crippen LogP contribution < -0.4 is 0 Å². The van der Waals surface area contributed by atoms with Crippen molar-refractivity contribution in [1.82, 2.24) is 9.47 Å². The minimum atomic E-state index is -1.09. The number of aromatic nitrogens is 1. The van der Waals surface area contributed by atoms with Gasteiger partial charge in [-0.1, -0.05) is 72.8 Å². The fraction of sp³-hybridized carbons (Fsp3) is 0.278. The van der Waals surface area contributed by atoms with Crippen molar-refractivity contribution in [2.75, 3.05) is 7.11 Å². The van der Waals surface area contributed by atoms with Gasteiger partial charge in [-0.05, 0) is 54.3 Å². The van der Waals surface area contributed by atoms with Crippen LogP contribution in [0.5, 0.6) is 0 Å². The van der Waals surface area contributed by atoms with Gasteiger partial charge in [-0.2, -0.15) is 0 Å². The van der Waals surface area contributed by atoms with Crippen molar-refractivity contribution in [3.05, 3.63) is 113 Å². The highest BCUT2D eigenvalue weighted by Gasteiger charge is 2.33. The Morgan fingerprint density at radius 2 is 1.48 bits per heavy atom. The predicted molar refractivity (Wildman–Crippen MR) is 168 cm³/mol. The van der Waals surface area contributed by atoms with E-state index in [-0.39, 0.29) is 30.6 Å². The van der Waals surface area contributed by atoms with Gasteiger partial charge in [-0.3, -0.25) is 9.59 Å². The highest BCUT2D eigenvalue weighted by molar-refractivity contribution is 6.06. The third-order valence-electron chi connectivity index (χ3n) is 7.91. The molecule has 8 heteroatoms. The second-order valence-corrected chi connectivity index (χ2v) is 11.3. The zero-order valence-corrected chi connectivity index (χ0v) is 25.1. The Hall–Kier alpha value is -4.53. The van der Waals surface area contributed by atoms with Crippen molar-refractivity contribution in [3.63, 3.8) is 0 Å². The first-order chi connectivity index (χ1) is 21.2. The number of aliphatic hydroxyl groups excluding tert-OH is 2. The third-order valence-corrected chi connectivity index (χ3v) is 7.91. The summed E-state index contributed by atoms with van der Waals surface area (Å²) in [6, 6.07) is 23.7. The minimum Gasteiger partial charge on any atom is -0.469 e. The molecule has 0 spiro atoms. The van der Waals surface area contributed by atoms with E-state index in [1.807, 2.05) is 77.9 Å². The van der Waals surface area contributed by atoms with Crippen molar-refractivity contribution >= 4 is 18.0 Å². The molecule has 2 atom stereocenters. The lowest BCUT2D eigenvalue weighted by Gasteiger charge is -2.21. The van der Waals surface area contributed by atoms with Crippen molar-refractivity contribution in [1.29, 1.82) is 0 Å². The van der Waals surface area contributed by atoms with Crippen LogP contribution >= 0.6 is 0 Å². The molecule has 1 aliphatic rings. The fourth-order valence-electron chi connectivity index (χ4n) is 5.86. The number of ether oxygens (including phenoxy) is 1. The van der Waals surface area contributed by atoms with Gasteiger partial charge in [0, 0.05) is 42.4 Å². The van der Waals surface area contributed by atoms with Gasteiger partial charge in [0.15, 0.2) is 0 Å². The number of benzene rings is 3. The summed E-state index contributed by atoms with van der Waals surface area (Å²) in [6.45, 7) is 4.96. The lowest BCUT2D eigenvalue weighted by atomic mass is 9.94. The Morgan fingerprint density at radius 3 is 2.07 bits per heavy atom. The molecule has 0 saturated carbocycles. The molecule has 228 valence electrons. The van der Waals surface area contributed by atoms with E-state index < -0.39 is 18.2 Å². The van der Waals surface area contributed by atoms with Gasteiger partial charge >= 0.3 is 5.97 Å². The molecule has 0 unspecified atom stereocenters. The van der Waals surface area contributed by atoms with Gasteiger partial charge in [-0.25, -0.2) is 4.39 Å². The van der Waals surface area contributed by atoms with Crippen LogP contribution in [-0.2, 0) is 22.6 Å². The predicted octanol–water partition coefficient (Wildman–Crippen LogP) is 6.39. The van der Waals surface area contributed by atoms with E-state index in [2.05, 4.69) is 4.74 Å². The second kappa shape index (κ2) is 13.4. The number of carbonyl (C=O) groups is 2. The number of methoxy groups -OCH3 is 1. The van der Waals surface area contributed by atoms with Crippen LogP contribution in [0, 0.1) is 5.82 Å². The lowest BCUT2D eigenvalue weighted by Crippen LogP contribution is -2.29. The van der Waals surface area contributed by atoms with Gasteiger partial charge in [0.1, 0.15) is 11.5 Å². The SMILES string of the molecule is COC(=O)C[C@H](O)C[C@H](O)C=Cc1c(-c2ccc(F)cc2)c(-c2ccccc2)c(C(=O)N2Cc3ccccc3C2)n1C(C)C. The van der Waals surface area contributed by atoms with E-state index in [0.29, 0.717) is 35.6 Å². The number of rotatable bonds is 10.